The molecule has 4 saturated carbocycles. The molecule has 30 heavy (non-hydrogen) atoms. The van der Waals surface area contributed by atoms with E-state index in [0.29, 0.717) is 16.1 Å². The van der Waals surface area contributed by atoms with Crippen molar-refractivity contribution in [2.24, 2.45) is 52.3 Å². The first-order chi connectivity index (χ1) is 14.3. The van der Waals surface area contributed by atoms with Gasteiger partial charge in [0.2, 0.25) is 0 Å². The highest BCUT2D eigenvalue weighted by atomic mass is 32.2. The van der Waals surface area contributed by atoms with Gasteiger partial charge in [-0.25, -0.2) is 0 Å². The van der Waals surface area contributed by atoms with Crippen LogP contribution in [0.15, 0.2) is 0 Å². The highest BCUT2D eigenvalue weighted by Crippen LogP contribution is 2.68. The monoisotopic (exact) mass is 429 g/mol. The average Bonchev–Trinajstić information content (AvgIpc) is 3.05. The summed E-state index contributed by atoms with van der Waals surface area (Å²) < 4.78 is 0. The van der Waals surface area contributed by atoms with E-state index in [1.54, 1.807) is 11.8 Å². The molecule has 9 atom stereocenters. The fourth-order valence-electron chi connectivity index (χ4n) is 9.42. The predicted octanol–water partition coefficient (Wildman–Crippen LogP) is 8.69. The van der Waals surface area contributed by atoms with Gasteiger partial charge in [0.15, 0.2) is 0 Å². The zero-order chi connectivity index (χ0) is 21.5. The number of hydrogen-bond donors (Lipinski definition) is 0. The lowest BCUT2D eigenvalue weighted by Gasteiger charge is -2.61. The van der Waals surface area contributed by atoms with Gasteiger partial charge in [0.1, 0.15) is 5.40 Å². The summed E-state index contributed by atoms with van der Waals surface area (Å²) in [7, 11) is 0. The van der Waals surface area contributed by atoms with Gasteiger partial charge in [-0.15, -0.1) is 0 Å². The lowest BCUT2D eigenvalue weighted by molar-refractivity contribution is -0.113. The molecular weight excluding hydrogens is 382 g/mol. The van der Waals surface area contributed by atoms with Crippen LogP contribution >= 0.6 is 11.8 Å². The number of rotatable bonds is 6. The van der Waals surface area contributed by atoms with Crippen LogP contribution in [0.3, 0.4) is 0 Å². The molecule has 0 aliphatic heterocycles. The zero-order valence-corrected chi connectivity index (χ0v) is 21.3. The van der Waals surface area contributed by atoms with E-state index in [1.807, 2.05) is 0 Å². The molecule has 4 aliphatic carbocycles. The van der Waals surface area contributed by atoms with Crippen LogP contribution in [0.4, 0.5) is 0 Å². The molecule has 4 rings (SSSR count). The molecule has 4 aliphatic rings. The molecule has 0 spiro atoms. The number of fused-ring (bicyclic) bond motifs is 5. The highest BCUT2D eigenvalue weighted by molar-refractivity contribution is 8.04. The largest absolute Gasteiger partial charge is 0.185 e. The summed E-state index contributed by atoms with van der Waals surface area (Å²) in [4.78, 5) is 0. The minimum atomic E-state index is 0.567. The van der Waals surface area contributed by atoms with Gasteiger partial charge in [-0.2, -0.15) is 5.26 Å². The first-order valence-electron chi connectivity index (χ1n) is 13.3. The van der Waals surface area contributed by atoms with Gasteiger partial charge < -0.3 is 0 Å². The molecule has 4 fully saturated rings. The Morgan fingerprint density at radius 1 is 0.900 bits per heavy atom. The van der Waals surface area contributed by atoms with E-state index in [0.717, 1.165) is 41.4 Å². The standard InChI is InChI=1S/C28H47NS/c1-19(2)7-6-8-20(3)24-11-12-25-23-10-9-21-17-22(30-18-29)13-15-27(21,4)26(23)14-16-28(24,25)5/h19-26H,6-17H2,1-5H3. The number of thioether (sulfide) groups is 1. The first kappa shape index (κ1) is 23.0. The molecule has 0 amide bonds. The van der Waals surface area contributed by atoms with Gasteiger partial charge in [-0.3, -0.25) is 0 Å². The van der Waals surface area contributed by atoms with Crippen LogP contribution in [0, 0.1) is 62.9 Å². The minimum absolute atomic E-state index is 0.567. The second-order valence-corrected chi connectivity index (χ2v) is 13.9. The molecule has 9 unspecified atom stereocenters. The van der Waals surface area contributed by atoms with E-state index in [9.17, 15) is 0 Å². The lowest BCUT2D eigenvalue weighted by Crippen LogP contribution is -2.54. The smallest absolute Gasteiger partial charge is 0.133 e. The molecule has 0 aromatic heterocycles. The maximum Gasteiger partial charge on any atom is 0.133 e. The Kier molecular flexibility index (Phi) is 6.90. The first-order valence-corrected chi connectivity index (χ1v) is 14.2. The van der Waals surface area contributed by atoms with Crippen LogP contribution in [-0.2, 0) is 0 Å². The normalized spacial score (nSPS) is 46.6. The van der Waals surface area contributed by atoms with E-state index in [-0.39, 0.29) is 0 Å². The SMILES string of the molecule is CC(C)CCCC(C)C1CCC2C3CCC4CC(SC#N)CCC4(C)C3CCC12C. The molecule has 0 radical (unpaired) electrons. The second-order valence-electron chi connectivity index (χ2n) is 12.8. The number of thiocyanates is 1. The fourth-order valence-corrected chi connectivity index (χ4v) is 10.1. The summed E-state index contributed by atoms with van der Waals surface area (Å²) in [5.41, 5.74) is 1.19. The van der Waals surface area contributed by atoms with Crippen LogP contribution in [0.5, 0.6) is 0 Å². The van der Waals surface area contributed by atoms with E-state index in [1.165, 1.54) is 77.0 Å². The maximum atomic E-state index is 9.16. The third-order valence-electron chi connectivity index (χ3n) is 11.0. The van der Waals surface area contributed by atoms with Gasteiger partial charge in [-0.05, 0) is 122 Å². The molecule has 1 nitrogen and oxygen atoms in total. The van der Waals surface area contributed by atoms with Gasteiger partial charge in [-0.1, -0.05) is 53.9 Å². The molecule has 0 heterocycles. The molecule has 0 saturated heterocycles. The maximum absolute atomic E-state index is 9.16. The molecule has 2 heteroatoms. The van der Waals surface area contributed by atoms with Crippen LogP contribution in [0.1, 0.15) is 112 Å². The van der Waals surface area contributed by atoms with Crippen molar-refractivity contribution in [1.82, 2.24) is 0 Å². The topological polar surface area (TPSA) is 23.8 Å². The third kappa shape index (κ3) is 4.00. The Morgan fingerprint density at radius 3 is 2.37 bits per heavy atom. The van der Waals surface area contributed by atoms with Crippen molar-refractivity contribution >= 4 is 11.8 Å². The lowest BCUT2D eigenvalue weighted by atomic mass is 9.44. The van der Waals surface area contributed by atoms with Crippen LogP contribution in [0.25, 0.3) is 0 Å². The van der Waals surface area contributed by atoms with Gasteiger partial charge >= 0.3 is 0 Å². The van der Waals surface area contributed by atoms with Crippen molar-refractivity contribution in [3.63, 3.8) is 0 Å². The molecule has 0 aromatic carbocycles. The van der Waals surface area contributed by atoms with Crippen molar-refractivity contribution in [3.05, 3.63) is 0 Å². The molecule has 170 valence electrons. The molecule has 0 aromatic rings. The van der Waals surface area contributed by atoms with E-state index < -0.39 is 0 Å². The van der Waals surface area contributed by atoms with E-state index in [4.69, 9.17) is 5.26 Å². The fraction of sp³-hybridized carbons (Fsp3) is 0.964. The summed E-state index contributed by atoms with van der Waals surface area (Å²) in [5, 5.41) is 12.2. The summed E-state index contributed by atoms with van der Waals surface area (Å²) >= 11 is 1.57. The van der Waals surface area contributed by atoms with Crippen molar-refractivity contribution in [2.45, 2.75) is 117 Å². The molecule has 0 bridgehead atoms. The van der Waals surface area contributed by atoms with Crippen molar-refractivity contribution in [2.75, 3.05) is 0 Å². The third-order valence-corrected chi connectivity index (χ3v) is 11.9. The number of hydrogen-bond acceptors (Lipinski definition) is 2. The Hall–Kier alpha value is -0.160. The quantitative estimate of drug-likeness (QED) is 0.394. The van der Waals surface area contributed by atoms with Crippen LogP contribution < -0.4 is 0 Å². The van der Waals surface area contributed by atoms with Gasteiger partial charge in [0.25, 0.3) is 0 Å². The zero-order valence-electron chi connectivity index (χ0n) is 20.5. The molecular formula is C28H47NS. The predicted molar refractivity (Wildman–Crippen MR) is 130 cm³/mol. The summed E-state index contributed by atoms with van der Waals surface area (Å²) in [6.07, 6.45) is 17.2. The Labute approximate surface area is 191 Å². The summed E-state index contributed by atoms with van der Waals surface area (Å²) in [6, 6.07) is 0. The minimum Gasteiger partial charge on any atom is -0.185 e. The van der Waals surface area contributed by atoms with Crippen molar-refractivity contribution in [1.29, 1.82) is 5.26 Å². The number of nitriles is 1. The summed E-state index contributed by atoms with van der Waals surface area (Å²) in [5.74, 6) is 6.60. The Balaban J connectivity index is 1.44. The van der Waals surface area contributed by atoms with Gasteiger partial charge in [0, 0.05) is 5.25 Å². The van der Waals surface area contributed by atoms with Crippen LogP contribution in [0.2, 0.25) is 0 Å². The van der Waals surface area contributed by atoms with E-state index >= 15 is 0 Å². The highest BCUT2D eigenvalue weighted by Gasteiger charge is 2.60. The van der Waals surface area contributed by atoms with E-state index in [2.05, 4.69) is 40.0 Å². The van der Waals surface area contributed by atoms with Crippen LogP contribution in [-0.4, -0.2) is 5.25 Å². The number of nitrogens with zero attached hydrogens (tertiary/aromatic N) is 1. The molecule has 0 N–H and O–H groups in total. The Morgan fingerprint density at radius 2 is 1.63 bits per heavy atom. The second kappa shape index (κ2) is 9.00. The Bertz CT molecular complexity index is 637. The van der Waals surface area contributed by atoms with Crippen molar-refractivity contribution in [3.8, 4) is 5.40 Å². The average molecular weight is 430 g/mol. The van der Waals surface area contributed by atoms with Crippen molar-refractivity contribution < 1.29 is 0 Å². The summed E-state index contributed by atoms with van der Waals surface area (Å²) in [6.45, 7) is 12.7. The van der Waals surface area contributed by atoms with Gasteiger partial charge in [0.05, 0.1) is 0 Å².